The van der Waals surface area contributed by atoms with Crippen molar-refractivity contribution in [3.05, 3.63) is 35.4 Å². The van der Waals surface area contributed by atoms with Gasteiger partial charge in [0.1, 0.15) is 6.04 Å². The molecule has 2 rings (SSSR count). The Labute approximate surface area is 117 Å². The van der Waals surface area contributed by atoms with Crippen LogP contribution in [0.4, 0.5) is 8.78 Å². The van der Waals surface area contributed by atoms with Crippen LogP contribution >= 0.6 is 0 Å². The van der Waals surface area contributed by atoms with Gasteiger partial charge in [-0.05, 0) is 44.0 Å². The number of benzene rings is 1. The van der Waals surface area contributed by atoms with Crippen molar-refractivity contribution in [2.45, 2.75) is 44.7 Å². The molecule has 5 heteroatoms. The Morgan fingerprint density at radius 1 is 1.30 bits per heavy atom. The molecule has 1 heterocycles. The van der Waals surface area contributed by atoms with Gasteiger partial charge in [-0.25, -0.2) is 8.78 Å². The van der Waals surface area contributed by atoms with Gasteiger partial charge in [0.25, 0.3) is 0 Å². The summed E-state index contributed by atoms with van der Waals surface area (Å²) >= 11 is 0. The van der Waals surface area contributed by atoms with Crippen molar-refractivity contribution in [1.29, 1.82) is 0 Å². The van der Waals surface area contributed by atoms with Gasteiger partial charge in [0.05, 0.1) is 0 Å². The van der Waals surface area contributed by atoms with Gasteiger partial charge in [-0.3, -0.25) is 9.69 Å². The van der Waals surface area contributed by atoms with Gasteiger partial charge in [0.2, 0.25) is 0 Å². The predicted octanol–water partition coefficient (Wildman–Crippen LogP) is 3.36. The molecule has 110 valence electrons. The van der Waals surface area contributed by atoms with E-state index in [0.29, 0.717) is 18.5 Å². The van der Waals surface area contributed by atoms with Crippen LogP contribution in [0.1, 0.15) is 44.2 Å². The molecule has 1 aromatic carbocycles. The second kappa shape index (κ2) is 6.31. The number of carboxylic acids is 1. The number of carboxylic acid groups (broad SMARTS) is 1. The Kier molecular flexibility index (Phi) is 4.70. The Morgan fingerprint density at radius 3 is 2.70 bits per heavy atom. The van der Waals surface area contributed by atoms with Crippen molar-refractivity contribution in [1.82, 2.24) is 4.90 Å². The van der Waals surface area contributed by atoms with Crippen LogP contribution in [0.25, 0.3) is 0 Å². The molecule has 1 aromatic rings. The van der Waals surface area contributed by atoms with Crippen molar-refractivity contribution in [2.75, 3.05) is 6.54 Å². The predicted molar refractivity (Wildman–Crippen MR) is 71.4 cm³/mol. The molecule has 1 aliphatic rings. The lowest BCUT2D eigenvalue weighted by Gasteiger charge is -2.33. The molecular weight excluding hydrogens is 264 g/mol. The van der Waals surface area contributed by atoms with E-state index >= 15 is 0 Å². The molecule has 0 aliphatic carbocycles. The fourth-order valence-corrected chi connectivity index (χ4v) is 2.82. The first-order valence-electron chi connectivity index (χ1n) is 6.94. The lowest BCUT2D eigenvalue weighted by molar-refractivity contribution is -0.144. The first-order chi connectivity index (χ1) is 9.50. The molecule has 0 bridgehead atoms. The third-order valence-electron chi connectivity index (χ3n) is 4.00. The number of carbonyl (C=O) groups is 1. The van der Waals surface area contributed by atoms with Crippen LogP contribution in [0.5, 0.6) is 0 Å². The number of hydrogen-bond donors (Lipinski definition) is 1. The van der Waals surface area contributed by atoms with E-state index in [1.165, 1.54) is 6.07 Å². The molecule has 1 aliphatic heterocycles. The summed E-state index contributed by atoms with van der Waals surface area (Å²) < 4.78 is 26.3. The maximum absolute atomic E-state index is 13.3. The summed E-state index contributed by atoms with van der Waals surface area (Å²) in [4.78, 5) is 13.3. The summed E-state index contributed by atoms with van der Waals surface area (Å²) in [7, 11) is 0. The third kappa shape index (κ3) is 3.15. The zero-order chi connectivity index (χ0) is 14.7. The van der Waals surface area contributed by atoms with Gasteiger partial charge in [0.15, 0.2) is 11.6 Å². The molecule has 2 unspecified atom stereocenters. The zero-order valence-electron chi connectivity index (χ0n) is 11.5. The molecule has 0 saturated carbocycles. The number of likely N-dealkylation sites (tertiary alicyclic amines) is 1. The molecule has 1 fully saturated rings. The van der Waals surface area contributed by atoms with Crippen molar-refractivity contribution < 1.29 is 18.7 Å². The lowest BCUT2D eigenvalue weighted by atomic mass is 10.0. The Bertz CT molecular complexity index is 493. The molecular formula is C15H19F2NO2. The van der Waals surface area contributed by atoms with E-state index < -0.39 is 23.6 Å². The van der Waals surface area contributed by atoms with Gasteiger partial charge in [-0.1, -0.05) is 18.9 Å². The first kappa shape index (κ1) is 14.9. The second-order valence-corrected chi connectivity index (χ2v) is 5.29. The maximum Gasteiger partial charge on any atom is 0.320 e. The number of nitrogens with zero attached hydrogens (tertiary/aromatic N) is 1. The first-order valence-corrected chi connectivity index (χ1v) is 6.94. The molecule has 3 nitrogen and oxygen atoms in total. The SMILES string of the molecule is CC(c1ccc(F)c(F)c1)N1CCCCCC1C(=O)O. The highest BCUT2D eigenvalue weighted by molar-refractivity contribution is 5.73. The smallest absolute Gasteiger partial charge is 0.320 e. The van der Waals surface area contributed by atoms with Crippen LogP contribution < -0.4 is 0 Å². The molecule has 20 heavy (non-hydrogen) atoms. The van der Waals surface area contributed by atoms with Crippen LogP contribution in [0.15, 0.2) is 18.2 Å². The molecule has 2 atom stereocenters. The molecule has 0 aromatic heterocycles. The summed E-state index contributed by atoms with van der Waals surface area (Å²) in [5.41, 5.74) is 0.608. The van der Waals surface area contributed by atoms with E-state index in [2.05, 4.69) is 0 Å². The average molecular weight is 283 g/mol. The lowest BCUT2D eigenvalue weighted by Crippen LogP contribution is -2.42. The number of hydrogen-bond acceptors (Lipinski definition) is 2. The van der Waals surface area contributed by atoms with Crippen LogP contribution in [-0.4, -0.2) is 28.6 Å². The van der Waals surface area contributed by atoms with Crippen molar-refractivity contribution in [2.24, 2.45) is 0 Å². The van der Waals surface area contributed by atoms with Gasteiger partial charge in [-0.2, -0.15) is 0 Å². The van der Waals surface area contributed by atoms with Gasteiger partial charge >= 0.3 is 5.97 Å². The van der Waals surface area contributed by atoms with E-state index in [1.54, 1.807) is 0 Å². The Morgan fingerprint density at radius 2 is 2.05 bits per heavy atom. The summed E-state index contributed by atoms with van der Waals surface area (Å²) in [6.45, 7) is 2.51. The van der Waals surface area contributed by atoms with E-state index in [-0.39, 0.29) is 6.04 Å². The monoisotopic (exact) mass is 283 g/mol. The van der Waals surface area contributed by atoms with Crippen molar-refractivity contribution in [3.63, 3.8) is 0 Å². The molecule has 1 saturated heterocycles. The maximum atomic E-state index is 13.3. The normalized spacial score (nSPS) is 22.2. The largest absolute Gasteiger partial charge is 0.480 e. The fourth-order valence-electron chi connectivity index (χ4n) is 2.82. The summed E-state index contributed by atoms with van der Waals surface area (Å²) in [6, 6.07) is 2.97. The van der Waals surface area contributed by atoms with E-state index in [4.69, 9.17) is 0 Å². The summed E-state index contributed by atoms with van der Waals surface area (Å²) in [5.74, 6) is -2.62. The highest BCUT2D eigenvalue weighted by atomic mass is 19.2. The summed E-state index contributed by atoms with van der Waals surface area (Å²) in [5, 5.41) is 9.35. The molecule has 0 spiro atoms. The van der Waals surface area contributed by atoms with Gasteiger partial charge in [-0.15, -0.1) is 0 Å². The van der Waals surface area contributed by atoms with Crippen molar-refractivity contribution >= 4 is 5.97 Å². The highest BCUT2D eigenvalue weighted by Crippen LogP contribution is 2.28. The van der Waals surface area contributed by atoms with Crippen LogP contribution in [0.2, 0.25) is 0 Å². The molecule has 0 radical (unpaired) electrons. The quantitative estimate of drug-likeness (QED) is 0.924. The van der Waals surface area contributed by atoms with Crippen LogP contribution in [0.3, 0.4) is 0 Å². The standard InChI is InChI=1S/C15H19F2NO2/c1-10(11-6-7-12(16)13(17)9-11)18-8-4-2-3-5-14(18)15(19)20/h6-7,9-10,14H,2-5,8H2,1H3,(H,19,20). The topological polar surface area (TPSA) is 40.5 Å². The molecule has 0 amide bonds. The number of aliphatic carboxylic acids is 1. The van der Waals surface area contributed by atoms with Crippen LogP contribution in [0, 0.1) is 11.6 Å². The number of rotatable bonds is 3. The minimum Gasteiger partial charge on any atom is -0.480 e. The van der Waals surface area contributed by atoms with E-state index in [0.717, 1.165) is 31.4 Å². The Balaban J connectivity index is 2.25. The minimum absolute atomic E-state index is 0.246. The fraction of sp³-hybridized carbons (Fsp3) is 0.533. The molecule has 1 N–H and O–H groups in total. The summed E-state index contributed by atoms with van der Waals surface area (Å²) in [6.07, 6.45) is 3.42. The average Bonchev–Trinajstić information content (AvgIpc) is 2.66. The van der Waals surface area contributed by atoms with Crippen molar-refractivity contribution in [3.8, 4) is 0 Å². The zero-order valence-corrected chi connectivity index (χ0v) is 11.5. The Hall–Kier alpha value is -1.49. The van der Waals surface area contributed by atoms with Crippen LogP contribution in [-0.2, 0) is 4.79 Å². The van der Waals surface area contributed by atoms with E-state index in [1.807, 2.05) is 11.8 Å². The third-order valence-corrected chi connectivity index (χ3v) is 4.00. The second-order valence-electron chi connectivity index (χ2n) is 5.29. The minimum atomic E-state index is -0.893. The van der Waals surface area contributed by atoms with E-state index in [9.17, 15) is 18.7 Å². The highest BCUT2D eigenvalue weighted by Gasteiger charge is 2.31. The van der Waals surface area contributed by atoms with Gasteiger partial charge < -0.3 is 5.11 Å². The van der Waals surface area contributed by atoms with Gasteiger partial charge in [0, 0.05) is 6.04 Å². The number of halogens is 2.